The predicted molar refractivity (Wildman–Crippen MR) is 75.3 cm³/mol. The highest BCUT2D eigenvalue weighted by molar-refractivity contribution is 5.88. The molecule has 0 atom stereocenters. The molecule has 0 heterocycles. The lowest BCUT2D eigenvalue weighted by Crippen LogP contribution is -1.88. The predicted octanol–water partition coefficient (Wildman–Crippen LogP) is 4.28. The van der Waals surface area contributed by atoms with Crippen LogP contribution < -0.4 is 0 Å². The van der Waals surface area contributed by atoms with Crippen molar-refractivity contribution in [3.8, 4) is 16.9 Å². The van der Waals surface area contributed by atoms with E-state index in [0.29, 0.717) is 5.75 Å². The van der Waals surface area contributed by atoms with Crippen LogP contribution in [0.3, 0.4) is 0 Å². The fraction of sp³-hybridized carbons (Fsp3) is 0.118. The summed E-state index contributed by atoms with van der Waals surface area (Å²) in [6.45, 7) is 4.16. The van der Waals surface area contributed by atoms with Crippen molar-refractivity contribution in [2.75, 3.05) is 0 Å². The van der Waals surface area contributed by atoms with Gasteiger partial charge in [-0.1, -0.05) is 30.3 Å². The molecule has 1 aliphatic rings. The lowest BCUT2D eigenvalue weighted by Gasteiger charge is -2.11. The van der Waals surface area contributed by atoms with Gasteiger partial charge in [0.05, 0.1) is 0 Å². The Kier molecular flexibility index (Phi) is 2.48. The molecule has 1 heteroatoms. The molecule has 0 unspecified atom stereocenters. The summed E-state index contributed by atoms with van der Waals surface area (Å²) < 4.78 is 0. The van der Waals surface area contributed by atoms with E-state index in [4.69, 9.17) is 0 Å². The Morgan fingerprint density at radius 3 is 2.00 bits per heavy atom. The Bertz CT molecular complexity index is 651. The second-order valence-electron chi connectivity index (χ2n) is 4.82. The summed E-state index contributed by atoms with van der Waals surface area (Å²) >= 11 is 0. The summed E-state index contributed by atoms with van der Waals surface area (Å²) in [6, 6.07) is 12.1. The number of hydrogen-bond acceptors (Lipinski definition) is 1. The summed E-state index contributed by atoms with van der Waals surface area (Å²) in [6.07, 6.45) is 4.25. The number of aryl methyl sites for hydroxylation is 2. The Morgan fingerprint density at radius 2 is 1.44 bits per heavy atom. The Morgan fingerprint density at radius 1 is 0.833 bits per heavy atom. The number of benzene rings is 2. The molecule has 3 rings (SSSR count). The number of allylic oxidation sites excluding steroid dienone is 2. The fourth-order valence-corrected chi connectivity index (χ4v) is 2.33. The normalized spacial score (nSPS) is 13.3. The van der Waals surface area contributed by atoms with Crippen molar-refractivity contribution in [3.05, 3.63) is 65.6 Å². The van der Waals surface area contributed by atoms with E-state index in [9.17, 15) is 5.11 Å². The van der Waals surface area contributed by atoms with Gasteiger partial charge in [-0.3, -0.25) is 0 Å². The van der Waals surface area contributed by atoms with Gasteiger partial charge in [-0.2, -0.15) is 0 Å². The van der Waals surface area contributed by atoms with Crippen molar-refractivity contribution in [3.63, 3.8) is 0 Å². The first-order valence-corrected chi connectivity index (χ1v) is 6.11. The summed E-state index contributed by atoms with van der Waals surface area (Å²) in [7, 11) is 0. The highest BCUT2D eigenvalue weighted by atomic mass is 16.3. The zero-order valence-corrected chi connectivity index (χ0v) is 10.6. The molecule has 1 radical (unpaired) electrons. The van der Waals surface area contributed by atoms with Gasteiger partial charge in [-0.05, 0) is 59.4 Å². The maximum Gasteiger partial charge on any atom is 0.115 e. The lowest BCUT2D eigenvalue weighted by atomic mass is 9.94. The standard InChI is InChI=1S/C17H15O/c1-11-9-14(13-3-4-13)5-7-16(11)17-8-6-15(18)10-12(17)2/h3-10,18H,1-2H3. The van der Waals surface area contributed by atoms with E-state index in [0.717, 1.165) is 5.56 Å². The van der Waals surface area contributed by atoms with Crippen LogP contribution in [0.2, 0.25) is 0 Å². The van der Waals surface area contributed by atoms with E-state index in [2.05, 4.69) is 37.6 Å². The van der Waals surface area contributed by atoms with Gasteiger partial charge in [0, 0.05) is 6.42 Å². The molecule has 0 aromatic heterocycles. The highest BCUT2D eigenvalue weighted by Gasteiger charge is 2.12. The average molecular weight is 235 g/mol. The zero-order chi connectivity index (χ0) is 12.7. The van der Waals surface area contributed by atoms with E-state index in [1.54, 1.807) is 12.1 Å². The number of phenolic OH excluding ortho intramolecular Hbond substituents is 1. The molecule has 0 fully saturated rings. The van der Waals surface area contributed by atoms with Crippen molar-refractivity contribution >= 4 is 5.57 Å². The van der Waals surface area contributed by atoms with Crippen molar-refractivity contribution in [2.45, 2.75) is 13.8 Å². The molecular weight excluding hydrogens is 220 g/mol. The van der Waals surface area contributed by atoms with Gasteiger partial charge in [0.1, 0.15) is 5.75 Å². The fourth-order valence-electron chi connectivity index (χ4n) is 2.33. The van der Waals surface area contributed by atoms with Crippen LogP contribution in [0, 0.1) is 20.3 Å². The number of hydrogen-bond donors (Lipinski definition) is 1. The third kappa shape index (κ3) is 1.92. The van der Waals surface area contributed by atoms with Crippen LogP contribution in [0.25, 0.3) is 16.7 Å². The van der Waals surface area contributed by atoms with Crippen LogP contribution in [-0.2, 0) is 0 Å². The van der Waals surface area contributed by atoms with E-state index >= 15 is 0 Å². The zero-order valence-electron chi connectivity index (χ0n) is 10.6. The molecule has 1 nitrogen and oxygen atoms in total. The minimum Gasteiger partial charge on any atom is -0.508 e. The van der Waals surface area contributed by atoms with Crippen molar-refractivity contribution in [1.29, 1.82) is 0 Å². The van der Waals surface area contributed by atoms with Gasteiger partial charge in [0.2, 0.25) is 0 Å². The van der Waals surface area contributed by atoms with Crippen LogP contribution in [-0.4, -0.2) is 5.11 Å². The van der Waals surface area contributed by atoms with Gasteiger partial charge in [-0.25, -0.2) is 0 Å². The molecule has 0 bridgehead atoms. The maximum atomic E-state index is 9.47. The molecule has 0 spiro atoms. The summed E-state index contributed by atoms with van der Waals surface area (Å²) in [5, 5.41) is 9.47. The van der Waals surface area contributed by atoms with E-state index < -0.39 is 0 Å². The van der Waals surface area contributed by atoms with Gasteiger partial charge in [0.25, 0.3) is 0 Å². The van der Waals surface area contributed by atoms with Gasteiger partial charge < -0.3 is 5.11 Å². The lowest BCUT2D eigenvalue weighted by molar-refractivity contribution is 0.475. The molecule has 1 N–H and O–H groups in total. The van der Waals surface area contributed by atoms with E-state index in [1.165, 1.54) is 27.8 Å². The second-order valence-corrected chi connectivity index (χ2v) is 4.82. The Balaban J connectivity index is 2.08. The van der Waals surface area contributed by atoms with Crippen LogP contribution in [0.1, 0.15) is 16.7 Å². The van der Waals surface area contributed by atoms with Crippen LogP contribution >= 0.6 is 0 Å². The van der Waals surface area contributed by atoms with Crippen LogP contribution in [0.15, 0.2) is 42.5 Å². The van der Waals surface area contributed by atoms with Gasteiger partial charge in [0.15, 0.2) is 0 Å². The molecule has 2 aromatic carbocycles. The summed E-state index contributed by atoms with van der Waals surface area (Å²) in [5.74, 6) is 0.322. The minimum atomic E-state index is 0.322. The van der Waals surface area contributed by atoms with Gasteiger partial charge in [-0.15, -0.1) is 0 Å². The topological polar surface area (TPSA) is 20.2 Å². The van der Waals surface area contributed by atoms with Crippen molar-refractivity contribution in [1.82, 2.24) is 0 Å². The molecule has 1 aliphatic carbocycles. The van der Waals surface area contributed by atoms with Crippen LogP contribution in [0.4, 0.5) is 0 Å². The molecule has 0 amide bonds. The van der Waals surface area contributed by atoms with E-state index in [1.807, 2.05) is 13.0 Å². The molecular formula is C17H15O. The van der Waals surface area contributed by atoms with Gasteiger partial charge >= 0.3 is 0 Å². The maximum absolute atomic E-state index is 9.47. The third-order valence-electron chi connectivity index (χ3n) is 3.39. The number of phenols is 1. The first-order valence-electron chi connectivity index (χ1n) is 6.11. The van der Waals surface area contributed by atoms with E-state index in [-0.39, 0.29) is 0 Å². The molecule has 0 aliphatic heterocycles. The average Bonchev–Trinajstić information content (AvgIpc) is 3.14. The van der Waals surface area contributed by atoms with Crippen molar-refractivity contribution < 1.29 is 5.11 Å². The van der Waals surface area contributed by atoms with Crippen molar-refractivity contribution in [2.24, 2.45) is 0 Å². The third-order valence-corrected chi connectivity index (χ3v) is 3.39. The Hall–Kier alpha value is -2.02. The molecule has 0 saturated carbocycles. The number of aromatic hydroxyl groups is 1. The first-order chi connectivity index (χ1) is 8.65. The molecule has 2 aromatic rings. The Labute approximate surface area is 107 Å². The monoisotopic (exact) mass is 235 g/mol. The SMILES string of the molecule is Cc1cc(O)ccc1-c1ccc(C2=C[CH]2)cc1C. The summed E-state index contributed by atoms with van der Waals surface area (Å²) in [4.78, 5) is 0. The number of rotatable bonds is 2. The summed E-state index contributed by atoms with van der Waals surface area (Å²) in [5.41, 5.74) is 7.40. The highest BCUT2D eigenvalue weighted by Crippen LogP contribution is 2.34. The smallest absolute Gasteiger partial charge is 0.115 e. The molecule has 18 heavy (non-hydrogen) atoms. The first kappa shape index (κ1) is 11.1. The molecule has 89 valence electrons. The molecule has 0 saturated heterocycles. The largest absolute Gasteiger partial charge is 0.508 e. The van der Waals surface area contributed by atoms with Crippen LogP contribution in [0.5, 0.6) is 5.75 Å². The second kappa shape index (κ2) is 4.02. The quantitative estimate of drug-likeness (QED) is 0.823. The minimum absolute atomic E-state index is 0.322.